The van der Waals surface area contributed by atoms with Crippen molar-refractivity contribution in [3.8, 4) is 5.69 Å². The number of carbonyl (C=O) groups excluding carboxylic acids is 1. The van der Waals surface area contributed by atoms with Gasteiger partial charge in [0, 0.05) is 17.8 Å². The smallest absolute Gasteiger partial charge is 0.233 e. The van der Waals surface area contributed by atoms with Gasteiger partial charge in [0.15, 0.2) is 0 Å². The van der Waals surface area contributed by atoms with Crippen LogP contribution < -0.4 is 5.32 Å². The van der Waals surface area contributed by atoms with Gasteiger partial charge in [-0.1, -0.05) is 13.3 Å². The number of rotatable bonds is 3. The summed E-state index contributed by atoms with van der Waals surface area (Å²) in [6.07, 6.45) is 6.35. The highest BCUT2D eigenvalue weighted by atomic mass is 16.2. The third-order valence-corrected chi connectivity index (χ3v) is 3.85. The molecule has 0 spiro atoms. The maximum atomic E-state index is 12.3. The van der Waals surface area contributed by atoms with Crippen LogP contribution in [0.2, 0.25) is 0 Å². The molecule has 1 aliphatic carbocycles. The molecular formula is C14H17N5O. The van der Waals surface area contributed by atoms with Gasteiger partial charge in [0.1, 0.15) is 5.82 Å². The summed E-state index contributed by atoms with van der Waals surface area (Å²) in [5.74, 6) is 1.11. The van der Waals surface area contributed by atoms with Crippen LogP contribution in [0.3, 0.4) is 0 Å². The van der Waals surface area contributed by atoms with Gasteiger partial charge < -0.3 is 0 Å². The van der Waals surface area contributed by atoms with Crippen LogP contribution in [0.5, 0.6) is 0 Å². The second-order valence-corrected chi connectivity index (χ2v) is 5.47. The van der Waals surface area contributed by atoms with Gasteiger partial charge >= 0.3 is 0 Å². The first-order valence-corrected chi connectivity index (χ1v) is 6.74. The van der Waals surface area contributed by atoms with E-state index in [4.69, 9.17) is 0 Å². The fraction of sp³-hybridized carbons (Fsp3) is 0.429. The van der Waals surface area contributed by atoms with Crippen LogP contribution in [-0.2, 0) is 4.79 Å². The van der Waals surface area contributed by atoms with E-state index in [1.807, 2.05) is 19.1 Å². The Morgan fingerprint density at radius 1 is 1.35 bits per heavy atom. The van der Waals surface area contributed by atoms with E-state index in [1.54, 1.807) is 24.0 Å². The number of aryl methyl sites for hydroxylation is 1. The van der Waals surface area contributed by atoms with Crippen LogP contribution in [-0.4, -0.2) is 25.7 Å². The van der Waals surface area contributed by atoms with Crippen molar-refractivity contribution in [1.29, 1.82) is 0 Å². The molecule has 2 aromatic heterocycles. The van der Waals surface area contributed by atoms with Gasteiger partial charge in [-0.2, -0.15) is 9.67 Å². The molecule has 6 heteroatoms. The Morgan fingerprint density at radius 3 is 2.65 bits per heavy atom. The monoisotopic (exact) mass is 271 g/mol. The highest BCUT2D eigenvalue weighted by Gasteiger charge is 2.39. The Kier molecular flexibility index (Phi) is 3.00. The molecule has 1 N–H and O–H groups in total. The number of anilines is 1. The van der Waals surface area contributed by atoms with Crippen molar-refractivity contribution in [2.24, 2.45) is 5.41 Å². The van der Waals surface area contributed by atoms with Crippen LogP contribution in [0.15, 0.2) is 24.5 Å². The minimum Gasteiger partial charge on any atom is -0.294 e. The minimum atomic E-state index is -0.261. The zero-order chi connectivity index (χ0) is 14.2. The second kappa shape index (κ2) is 4.70. The van der Waals surface area contributed by atoms with E-state index in [2.05, 4.69) is 20.4 Å². The first-order chi connectivity index (χ1) is 9.58. The molecule has 0 saturated heterocycles. The summed E-state index contributed by atoms with van der Waals surface area (Å²) in [4.78, 5) is 20.6. The molecule has 104 valence electrons. The van der Waals surface area contributed by atoms with Gasteiger partial charge in [-0.25, -0.2) is 0 Å². The summed E-state index contributed by atoms with van der Waals surface area (Å²) in [5, 5.41) is 7.23. The van der Waals surface area contributed by atoms with E-state index in [0.717, 1.165) is 24.9 Å². The van der Waals surface area contributed by atoms with Gasteiger partial charge in [-0.3, -0.25) is 15.1 Å². The molecule has 1 fully saturated rings. The molecule has 1 saturated carbocycles. The van der Waals surface area contributed by atoms with Crippen molar-refractivity contribution in [2.75, 3.05) is 5.32 Å². The van der Waals surface area contributed by atoms with Gasteiger partial charge in [0.05, 0.1) is 5.69 Å². The van der Waals surface area contributed by atoms with Crippen molar-refractivity contribution in [3.05, 3.63) is 30.4 Å². The maximum Gasteiger partial charge on any atom is 0.233 e. The predicted octanol–water partition coefficient (Wildman–Crippen LogP) is 2.10. The lowest BCUT2D eigenvalue weighted by Crippen LogP contribution is -2.39. The number of aromatic nitrogens is 4. The van der Waals surface area contributed by atoms with Gasteiger partial charge in [0.2, 0.25) is 11.9 Å². The fourth-order valence-electron chi connectivity index (χ4n) is 2.35. The van der Waals surface area contributed by atoms with Crippen molar-refractivity contribution >= 4 is 11.9 Å². The number of pyridine rings is 1. The quantitative estimate of drug-likeness (QED) is 0.927. The van der Waals surface area contributed by atoms with Gasteiger partial charge in [-0.15, -0.1) is 5.10 Å². The molecule has 1 amide bonds. The topological polar surface area (TPSA) is 72.7 Å². The van der Waals surface area contributed by atoms with Crippen molar-refractivity contribution in [3.63, 3.8) is 0 Å². The first kappa shape index (κ1) is 12.8. The molecule has 2 aromatic rings. The molecule has 0 unspecified atom stereocenters. The van der Waals surface area contributed by atoms with E-state index in [1.165, 1.54) is 0 Å². The summed E-state index contributed by atoms with van der Waals surface area (Å²) >= 11 is 0. The van der Waals surface area contributed by atoms with Crippen LogP contribution in [0.4, 0.5) is 5.95 Å². The molecule has 0 aromatic carbocycles. The zero-order valence-corrected chi connectivity index (χ0v) is 11.6. The summed E-state index contributed by atoms with van der Waals surface area (Å²) in [6, 6.07) is 3.66. The molecule has 0 atom stereocenters. The molecule has 0 radical (unpaired) electrons. The Bertz CT molecular complexity index is 630. The molecule has 2 heterocycles. The lowest BCUT2D eigenvalue weighted by molar-refractivity contribution is -0.128. The predicted molar refractivity (Wildman–Crippen MR) is 74.5 cm³/mol. The fourth-order valence-corrected chi connectivity index (χ4v) is 2.35. The number of nitrogens with one attached hydrogen (secondary N) is 1. The normalized spacial score (nSPS) is 16.5. The SMILES string of the molecule is Cc1nc(NC(=O)C2(C)CCC2)n(-c2ccncc2)n1. The number of hydrogen-bond donors (Lipinski definition) is 1. The second-order valence-electron chi connectivity index (χ2n) is 5.47. The third kappa shape index (κ3) is 2.17. The number of amides is 1. The molecule has 6 nitrogen and oxygen atoms in total. The number of carbonyl (C=O) groups is 1. The lowest BCUT2D eigenvalue weighted by atomic mass is 9.70. The van der Waals surface area contributed by atoms with Gasteiger partial charge in [-0.05, 0) is 31.9 Å². The Morgan fingerprint density at radius 2 is 2.05 bits per heavy atom. The standard InChI is InChI=1S/C14H17N5O/c1-10-16-13(17-12(20)14(2)6-3-7-14)19(18-10)11-4-8-15-9-5-11/h4-5,8-9H,3,6-7H2,1-2H3,(H,16,17,18,20). The first-order valence-electron chi connectivity index (χ1n) is 6.74. The third-order valence-electron chi connectivity index (χ3n) is 3.85. The van der Waals surface area contributed by atoms with E-state index in [0.29, 0.717) is 11.8 Å². The average molecular weight is 271 g/mol. The van der Waals surface area contributed by atoms with E-state index in [9.17, 15) is 4.79 Å². The summed E-state index contributed by atoms with van der Waals surface area (Å²) < 4.78 is 1.64. The van der Waals surface area contributed by atoms with E-state index >= 15 is 0 Å². The molecule has 20 heavy (non-hydrogen) atoms. The van der Waals surface area contributed by atoms with Crippen LogP contribution in [0.1, 0.15) is 32.0 Å². The molecule has 3 rings (SSSR count). The van der Waals surface area contributed by atoms with Crippen molar-refractivity contribution in [2.45, 2.75) is 33.1 Å². The molecular weight excluding hydrogens is 254 g/mol. The largest absolute Gasteiger partial charge is 0.294 e. The Labute approximate surface area is 117 Å². The zero-order valence-electron chi connectivity index (χ0n) is 11.6. The maximum absolute atomic E-state index is 12.3. The van der Waals surface area contributed by atoms with Crippen LogP contribution in [0, 0.1) is 12.3 Å². The van der Waals surface area contributed by atoms with E-state index in [-0.39, 0.29) is 11.3 Å². The number of nitrogens with zero attached hydrogens (tertiary/aromatic N) is 4. The van der Waals surface area contributed by atoms with Crippen molar-refractivity contribution < 1.29 is 4.79 Å². The Hall–Kier alpha value is -2.24. The lowest BCUT2D eigenvalue weighted by Gasteiger charge is -2.36. The highest BCUT2D eigenvalue weighted by Crippen LogP contribution is 2.41. The Balaban J connectivity index is 1.89. The summed E-state index contributed by atoms with van der Waals surface area (Å²) in [7, 11) is 0. The van der Waals surface area contributed by atoms with Crippen molar-refractivity contribution in [1.82, 2.24) is 19.7 Å². The molecule has 0 aliphatic heterocycles. The van der Waals surface area contributed by atoms with E-state index < -0.39 is 0 Å². The summed E-state index contributed by atoms with van der Waals surface area (Å²) in [6.45, 7) is 3.80. The molecule has 0 bridgehead atoms. The molecule has 1 aliphatic rings. The van der Waals surface area contributed by atoms with Crippen LogP contribution >= 0.6 is 0 Å². The summed E-state index contributed by atoms with van der Waals surface area (Å²) in [5.41, 5.74) is 0.567. The van der Waals surface area contributed by atoms with Crippen LogP contribution in [0.25, 0.3) is 5.69 Å². The number of hydrogen-bond acceptors (Lipinski definition) is 4. The van der Waals surface area contributed by atoms with Gasteiger partial charge in [0.25, 0.3) is 0 Å². The highest BCUT2D eigenvalue weighted by molar-refractivity contribution is 5.94. The minimum absolute atomic E-state index is 0.0199. The average Bonchev–Trinajstić information content (AvgIpc) is 2.78.